The molecule has 0 unspecified atom stereocenters. The van der Waals surface area contributed by atoms with Gasteiger partial charge in [-0.2, -0.15) is 0 Å². The molecule has 0 radical (unpaired) electrons. The second kappa shape index (κ2) is 10.2. The van der Waals surface area contributed by atoms with Crippen LogP contribution in [-0.4, -0.2) is 45.3 Å². The maximum absolute atomic E-state index is 5.44. The van der Waals surface area contributed by atoms with Gasteiger partial charge in [0.05, 0.1) is 19.5 Å². The summed E-state index contributed by atoms with van der Waals surface area (Å²) in [7, 11) is 1.64. The van der Waals surface area contributed by atoms with Gasteiger partial charge < -0.3 is 9.47 Å². The Labute approximate surface area is 187 Å². The van der Waals surface area contributed by atoms with Crippen LogP contribution in [0.1, 0.15) is 17.5 Å². The fraction of sp³-hybridized carbons (Fsp3) is 0.190. The molecule has 31 heavy (non-hydrogen) atoms. The first kappa shape index (κ1) is 21.0. The van der Waals surface area contributed by atoms with E-state index in [0.29, 0.717) is 28.5 Å². The molecule has 0 aliphatic carbocycles. The van der Waals surface area contributed by atoms with Gasteiger partial charge in [0.25, 0.3) is 0 Å². The molecule has 0 aliphatic rings. The molecule has 0 saturated carbocycles. The van der Waals surface area contributed by atoms with E-state index in [0.717, 1.165) is 27.6 Å². The monoisotopic (exact) mass is 452 g/mol. The van der Waals surface area contributed by atoms with Crippen molar-refractivity contribution in [1.82, 2.24) is 25.4 Å². The molecule has 2 aromatic heterocycles. The Hall–Kier alpha value is -3.24. The van der Waals surface area contributed by atoms with Crippen LogP contribution >= 0.6 is 23.1 Å². The van der Waals surface area contributed by atoms with Crippen LogP contribution in [0, 0.1) is 0 Å². The minimum Gasteiger partial charge on any atom is -0.497 e. The van der Waals surface area contributed by atoms with Crippen LogP contribution < -0.4 is 9.47 Å². The van der Waals surface area contributed by atoms with E-state index in [1.165, 1.54) is 23.1 Å². The number of benzene rings is 2. The number of aromatic nitrogens is 5. The second-order valence-corrected chi connectivity index (χ2v) is 8.21. The van der Waals surface area contributed by atoms with E-state index in [9.17, 15) is 0 Å². The first-order chi connectivity index (χ1) is 15.2. The van der Waals surface area contributed by atoms with Gasteiger partial charge in [-0.1, -0.05) is 23.1 Å². The van der Waals surface area contributed by atoms with Crippen LogP contribution in [0.2, 0.25) is 0 Å². The van der Waals surface area contributed by atoms with Gasteiger partial charge in [-0.05, 0) is 61.0 Å². The molecule has 1 N–H and O–H groups in total. The van der Waals surface area contributed by atoms with E-state index >= 15 is 0 Å². The zero-order valence-electron chi connectivity index (χ0n) is 17.0. The molecule has 10 heteroatoms. The maximum Gasteiger partial charge on any atom is 0.231 e. The summed E-state index contributed by atoms with van der Waals surface area (Å²) in [4.78, 5) is 8.93. The minimum atomic E-state index is 0.610. The maximum atomic E-state index is 5.44. The van der Waals surface area contributed by atoms with Crippen molar-refractivity contribution in [2.75, 3.05) is 13.7 Å². The van der Waals surface area contributed by atoms with Crippen molar-refractivity contribution < 1.29 is 9.47 Å². The van der Waals surface area contributed by atoms with Gasteiger partial charge in [0, 0.05) is 11.8 Å². The largest absolute Gasteiger partial charge is 0.497 e. The van der Waals surface area contributed by atoms with Gasteiger partial charge in [0.1, 0.15) is 16.5 Å². The average Bonchev–Trinajstić information content (AvgIpc) is 3.47. The lowest BCUT2D eigenvalue weighted by Gasteiger charge is -2.01. The highest BCUT2D eigenvalue weighted by atomic mass is 32.2. The third-order valence-corrected chi connectivity index (χ3v) is 6.00. The molecule has 0 atom stereocenters. The predicted octanol–water partition coefficient (Wildman–Crippen LogP) is 4.77. The zero-order chi connectivity index (χ0) is 21.5. The van der Waals surface area contributed by atoms with E-state index in [2.05, 4.69) is 30.4 Å². The first-order valence-electron chi connectivity index (χ1n) is 9.52. The van der Waals surface area contributed by atoms with Crippen molar-refractivity contribution in [3.8, 4) is 22.9 Å². The van der Waals surface area contributed by atoms with Gasteiger partial charge in [0.15, 0.2) is 5.82 Å². The van der Waals surface area contributed by atoms with Crippen molar-refractivity contribution in [1.29, 1.82) is 0 Å². The highest BCUT2D eigenvalue weighted by Crippen LogP contribution is 2.27. The van der Waals surface area contributed by atoms with Gasteiger partial charge in [-0.15, -0.1) is 15.3 Å². The number of aliphatic imine (C=N–C) groups is 1. The summed E-state index contributed by atoms with van der Waals surface area (Å²) in [5.41, 5.74) is 1.92. The highest BCUT2D eigenvalue weighted by Gasteiger charge is 2.09. The molecule has 2 heterocycles. The third-order valence-electron chi connectivity index (χ3n) is 4.12. The zero-order valence-corrected chi connectivity index (χ0v) is 18.6. The molecule has 0 aliphatic heterocycles. The number of hydrogen-bond acceptors (Lipinski definition) is 9. The summed E-state index contributed by atoms with van der Waals surface area (Å²) >= 11 is 2.94. The number of nitrogens with zero attached hydrogens (tertiary/aromatic N) is 5. The molecule has 158 valence electrons. The molecular formula is C21H20N6O2S2. The SMILES string of the molecule is CCOc1ccc(/C=N/c2nnc(CSc3n[nH]c(-c4ccc(OC)cc4)n3)s2)cc1. The van der Waals surface area contributed by atoms with Crippen LogP contribution in [0.5, 0.6) is 11.5 Å². The Kier molecular flexibility index (Phi) is 6.90. The Bertz CT molecular complexity index is 1140. The molecule has 0 amide bonds. The number of H-pyrrole nitrogens is 1. The summed E-state index contributed by atoms with van der Waals surface area (Å²) in [6.07, 6.45) is 1.77. The molecule has 0 fully saturated rings. The van der Waals surface area contributed by atoms with Crippen molar-refractivity contribution in [2.45, 2.75) is 17.8 Å². The van der Waals surface area contributed by atoms with Crippen molar-refractivity contribution in [3.05, 3.63) is 59.1 Å². The molecule has 0 bridgehead atoms. The topological polar surface area (TPSA) is 98.2 Å². The fourth-order valence-corrected chi connectivity index (χ4v) is 4.09. The van der Waals surface area contributed by atoms with Gasteiger partial charge >= 0.3 is 0 Å². The molecule has 2 aromatic carbocycles. The number of aromatic amines is 1. The minimum absolute atomic E-state index is 0.610. The number of nitrogens with one attached hydrogen (secondary N) is 1. The summed E-state index contributed by atoms with van der Waals surface area (Å²) in [5, 5.41) is 17.7. The van der Waals surface area contributed by atoms with E-state index in [1.54, 1.807) is 13.3 Å². The van der Waals surface area contributed by atoms with E-state index < -0.39 is 0 Å². The van der Waals surface area contributed by atoms with Crippen LogP contribution in [-0.2, 0) is 5.75 Å². The summed E-state index contributed by atoms with van der Waals surface area (Å²) in [6.45, 7) is 2.61. The van der Waals surface area contributed by atoms with E-state index in [4.69, 9.17) is 9.47 Å². The molecule has 0 saturated heterocycles. The number of methoxy groups -OCH3 is 1. The Morgan fingerprint density at radius 1 is 1.06 bits per heavy atom. The highest BCUT2D eigenvalue weighted by molar-refractivity contribution is 7.98. The predicted molar refractivity (Wildman–Crippen MR) is 123 cm³/mol. The summed E-state index contributed by atoms with van der Waals surface area (Å²) < 4.78 is 10.6. The lowest BCUT2D eigenvalue weighted by molar-refractivity contribution is 0.340. The first-order valence-corrected chi connectivity index (χ1v) is 11.3. The summed E-state index contributed by atoms with van der Waals surface area (Å²) in [5.74, 6) is 2.98. The number of thioether (sulfide) groups is 1. The van der Waals surface area contributed by atoms with Crippen LogP contribution in [0.15, 0.2) is 58.7 Å². The molecule has 0 spiro atoms. The Balaban J connectivity index is 1.32. The smallest absolute Gasteiger partial charge is 0.231 e. The van der Waals surface area contributed by atoms with Crippen molar-refractivity contribution >= 4 is 34.4 Å². The molecular weight excluding hydrogens is 432 g/mol. The average molecular weight is 453 g/mol. The Morgan fingerprint density at radius 3 is 2.58 bits per heavy atom. The van der Waals surface area contributed by atoms with Gasteiger partial charge in [0.2, 0.25) is 10.3 Å². The van der Waals surface area contributed by atoms with Gasteiger partial charge in [-0.3, -0.25) is 5.10 Å². The normalized spacial score (nSPS) is 11.2. The Morgan fingerprint density at radius 2 is 1.84 bits per heavy atom. The second-order valence-electron chi connectivity index (χ2n) is 6.22. The van der Waals surface area contributed by atoms with Crippen molar-refractivity contribution in [3.63, 3.8) is 0 Å². The quantitative estimate of drug-likeness (QED) is 0.288. The van der Waals surface area contributed by atoms with Gasteiger partial charge in [-0.25, -0.2) is 9.98 Å². The van der Waals surface area contributed by atoms with E-state index in [1.807, 2.05) is 55.5 Å². The number of hydrogen-bond donors (Lipinski definition) is 1. The standard InChI is InChI=1S/C21H20N6O2S2/c1-3-29-17-8-4-14(5-9-17)12-22-20-26-24-18(31-20)13-30-21-23-19(25-27-21)15-6-10-16(28-2)11-7-15/h4-12H,3,13H2,1-2H3,(H,23,25,27)/b22-12+. The molecule has 4 aromatic rings. The van der Waals surface area contributed by atoms with Crippen LogP contribution in [0.4, 0.5) is 5.13 Å². The molecule has 8 nitrogen and oxygen atoms in total. The van der Waals surface area contributed by atoms with Crippen molar-refractivity contribution in [2.24, 2.45) is 4.99 Å². The lowest BCUT2D eigenvalue weighted by Crippen LogP contribution is -1.91. The third kappa shape index (κ3) is 5.68. The van der Waals surface area contributed by atoms with E-state index in [-0.39, 0.29) is 0 Å². The van der Waals surface area contributed by atoms with Crippen LogP contribution in [0.25, 0.3) is 11.4 Å². The summed E-state index contributed by atoms with van der Waals surface area (Å²) in [6, 6.07) is 15.4. The fourth-order valence-electron chi connectivity index (χ4n) is 2.62. The number of ether oxygens (including phenoxy) is 2. The lowest BCUT2D eigenvalue weighted by atomic mass is 10.2. The van der Waals surface area contributed by atoms with Crippen LogP contribution in [0.3, 0.4) is 0 Å². The molecule has 4 rings (SSSR count). The number of rotatable bonds is 9.